The highest BCUT2D eigenvalue weighted by atomic mass is 16.5. The molecule has 18 heavy (non-hydrogen) atoms. The Morgan fingerprint density at radius 3 is 2.50 bits per heavy atom. The standard InChI is InChI=1S/C14H27NO3/c1-13(2)10-15(8-12(9-16)18-13)11-14(17)6-4-3-5-7-14/h12,16-17H,3-11H2,1-2H3. The molecule has 1 saturated heterocycles. The lowest BCUT2D eigenvalue weighted by atomic mass is 9.84. The predicted molar refractivity (Wildman–Crippen MR) is 70.5 cm³/mol. The summed E-state index contributed by atoms with van der Waals surface area (Å²) in [5.41, 5.74) is -0.762. The van der Waals surface area contributed by atoms with Gasteiger partial charge in [-0.3, -0.25) is 4.90 Å². The monoisotopic (exact) mass is 257 g/mol. The van der Waals surface area contributed by atoms with Crippen molar-refractivity contribution in [2.75, 3.05) is 26.2 Å². The van der Waals surface area contributed by atoms with Crippen molar-refractivity contribution in [3.05, 3.63) is 0 Å². The van der Waals surface area contributed by atoms with Crippen LogP contribution in [0, 0.1) is 0 Å². The first-order valence-corrected chi connectivity index (χ1v) is 7.16. The van der Waals surface area contributed by atoms with E-state index in [0.29, 0.717) is 0 Å². The number of β-amino-alcohol motifs (C(OH)–C–C–N with tert-alkyl or cyclic N) is 1. The van der Waals surface area contributed by atoms with Gasteiger partial charge in [-0.2, -0.15) is 0 Å². The van der Waals surface area contributed by atoms with Crippen molar-refractivity contribution >= 4 is 0 Å². The molecule has 4 heteroatoms. The highest BCUT2D eigenvalue weighted by Crippen LogP contribution is 2.30. The summed E-state index contributed by atoms with van der Waals surface area (Å²) in [7, 11) is 0. The fourth-order valence-electron chi connectivity index (χ4n) is 3.42. The van der Waals surface area contributed by atoms with Crippen molar-refractivity contribution < 1.29 is 14.9 Å². The minimum Gasteiger partial charge on any atom is -0.394 e. The number of nitrogens with zero attached hydrogens (tertiary/aromatic N) is 1. The molecule has 0 aromatic heterocycles. The maximum Gasteiger partial charge on any atom is 0.0940 e. The van der Waals surface area contributed by atoms with Crippen LogP contribution in [0.3, 0.4) is 0 Å². The molecule has 1 atom stereocenters. The maximum atomic E-state index is 10.6. The summed E-state index contributed by atoms with van der Waals surface area (Å²) in [4.78, 5) is 2.26. The van der Waals surface area contributed by atoms with Crippen molar-refractivity contribution in [3.8, 4) is 0 Å². The van der Waals surface area contributed by atoms with Gasteiger partial charge in [0, 0.05) is 19.6 Å². The number of aliphatic hydroxyl groups excluding tert-OH is 1. The van der Waals surface area contributed by atoms with Crippen molar-refractivity contribution in [3.63, 3.8) is 0 Å². The molecule has 1 aliphatic carbocycles. The van der Waals surface area contributed by atoms with Gasteiger partial charge in [0.15, 0.2) is 0 Å². The minimum absolute atomic E-state index is 0.0539. The molecular formula is C14H27NO3. The minimum atomic E-state index is -0.522. The number of hydrogen-bond acceptors (Lipinski definition) is 4. The third kappa shape index (κ3) is 3.67. The second-order valence-corrected chi connectivity index (χ2v) is 6.64. The van der Waals surface area contributed by atoms with Crippen molar-refractivity contribution in [2.24, 2.45) is 0 Å². The Balaban J connectivity index is 1.95. The van der Waals surface area contributed by atoms with Gasteiger partial charge < -0.3 is 14.9 Å². The molecule has 2 rings (SSSR count). The van der Waals surface area contributed by atoms with Crippen LogP contribution in [0.5, 0.6) is 0 Å². The van der Waals surface area contributed by atoms with Crippen LogP contribution in [-0.2, 0) is 4.74 Å². The Morgan fingerprint density at radius 1 is 1.22 bits per heavy atom. The lowest BCUT2D eigenvalue weighted by Gasteiger charge is -2.45. The molecule has 2 aliphatic rings. The Labute approximate surface area is 110 Å². The first-order chi connectivity index (χ1) is 8.42. The molecule has 106 valence electrons. The van der Waals surface area contributed by atoms with Crippen LogP contribution in [0.25, 0.3) is 0 Å². The largest absolute Gasteiger partial charge is 0.394 e. The quantitative estimate of drug-likeness (QED) is 0.796. The van der Waals surface area contributed by atoms with Gasteiger partial charge in [0.2, 0.25) is 0 Å². The Bertz CT molecular complexity index is 274. The van der Waals surface area contributed by atoms with Crippen LogP contribution in [0.4, 0.5) is 0 Å². The van der Waals surface area contributed by atoms with Crippen LogP contribution in [-0.4, -0.2) is 58.7 Å². The van der Waals surface area contributed by atoms with Crippen LogP contribution >= 0.6 is 0 Å². The van der Waals surface area contributed by atoms with Gasteiger partial charge in [-0.25, -0.2) is 0 Å². The molecule has 0 aromatic rings. The Morgan fingerprint density at radius 2 is 1.89 bits per heavy atom. The Hall–Kier alpha value is -0.160. The maximum absolute atomic E-state index is 10.6. The number of rotatable bonds is 3. The molecule has 1 heterocycles. The van der Waals surface area contributed by atoms with E-state index in [1.807, 2.05) is 13.8 Å². The van der Waals surface area contributed by atoms with Gasteiger partial charge in [-0.1, -0.05) is 19.3 Å². The summed E-state index contributed by atoms with van der Waals surface area (Å²) in [5.74, 6) is 0. The molecule has 1 saturated carbocycles. The highest BCUT2D eigenvalue weighted by molar-refractivity contribution is 4.91. The molecule has 4 nitrogen and oxygen atoms in total. The highest BCUT2D eigenvalue weighted by Gasteiger charge is 2.38. The van der Waals surface area contributed by atoms with E-state index in [4.69, 9.17) is 4.74 Å². The van der Waals surface area contributed by atoms with E-state index in [2.05, 4.69) is 4.90 Å². The lowest BCUT2D eigenvalue weighted by molar-refractivity contribution is -0.161. The van der Waals surface area contributed by atoms with Crippen LogP contribution in [0.15, 0.2) is 0 Å². The molecule has 0 aromatic carbocycles. The third-order valence-electron chi connectivity index (χ3n) is 4.06. The Kier molecular flexibility index (Phi) is 4.32. The summed E-state index contributed by atoms with van der Waals surface area (Å²) in [6.07, 6.45) is 5.21. The molecule has 1 unspecified atom stereocenters. The zero-order valence-corrected chi connectivity index (χ0v) is 11.7. The summed E-state index contributed by atoms with van der Waals surface area (Å²) in [5, 5.41) is 19.9. The van der Waals surface area contributed by atoms with Crippen molar-refractivity contribution in [1.29, 1.82) is 0 Å². The summed E-state index contributed by atoms with van der Waals surface area (Å²) >= 11 is 0. The average molecular weight is 257 g/mol. The average Bonchev–Trinajstić information content (AvgIpc) is 2.27. The van der Waals surface area contributed by atoms with Crippen LogP contribution in [0.1, 0.15) is 46.0 Å². The summed E-state index contributed by atoms with van der Waals surface area (Å²) < 4.78 is 5.80. The molecule has 0 amide bonds. The SMILES string of the molecule is CC1(C)CN(CC2(O)CCCCC2)CC(CO)O1. The van der Waals surface area contributed by atoms with Gasteiger partial charge in [-0.15, -0.1) is 0 Å². The second-order valence-electron chi connectivity index (χ2n) is 6.64. The van der Waals surface area contributed by atoms with Gasteiger partial charge >= 0.3 is 0 Å². The number of aliphatic hydroxyl groups is 2. The molecule has 0 bridgehead atoms. The predicted octanol–water partition coefficient (Wildman–Crippen LogP) is 1.15. The molecule has 1 aliphatic heterocycles. The van der Waals surface area contributed by atoms with Gasteiger partial charge in [0.05, 0.1) is 23.9 Å². The number of ether oxygens (including phenoxy) is 1. The van der Waals surface area contributed by atoms with E-state index in [9.17, 15) is 10.2 Å². The smallest absolute Gasteiger partial charge is 0.0940 e. The van der Waals surface area contributed by atoms with Gasteiger partial charge in [0.1, 0.15) is 0 Å². The fourth-order valence-corrected chi connectivity index (χ4v) is 3.42. The zero-order valence-electron chi connectivity index (χ0n) is 11.7. The summed E-state index contributed by atoms with van der Waals surface area (Å²) in [6, 6.07) is 0. The molecule has 0 spiro atoms. The lowest BCUT2D eigenvalue weighted by Crippen LogP contribution is -2.57. The normalized spacial score (nSPS) is 32.3. The first kappa shape index (κ1) is 14.3. The first-order valence-electron chi connectivity index (χ1n) is 7.16. The van der Waals surface area contributed by atoms with E-state index in [1.54, 1.807) is 0 Å². The van der Waals surface area contributed by atoms with E-state index in [1.165, 1.54) is 6.42 Å². The molecule has 2 fully saturated rings. The van der Waals surface area contributed by atoms with Crippen molar-refractivity contribution in [2.45, 2.75) is 63.3 Å². The molecular weight excluding hydrogens is 230 g/mol. The summed E-state index contributed by atoms with van der Waals surface area (Å²) in [6.45, 7) is 6.42. The topological polar surface area (TPSA) is 52.9 Å². The fraction of sp³-hybridized carbons (Fsp3) is 1.00. The van der Waals surface area contributed by atoms with E-state index in [0.717, 1.165) is 45.3 Å². The van der Waals surface area contributed by atoms with E-state index >= 15 is 0 Å². The number of hydrogen-bond donors (Lipinski definition) is 2. The zero-order chi connectivity index (χ0) is 13.2. The van der Waals surface area contributed by atoms with Gasteiger partial charge in [0.25, 0.3) is 0 Å². The third-order valence-corrected chi connectivity index (χ3v) is 4.06. The number of morpholine rings is 1. The van der Waals surface area contributed by atoms with Gasteiger partial charge in [-0.05, 0) is 26.7 Å². The second kappa shape index (κ2) is 5.45. The van der Waals surface area contributed by atoms with E-state index in [-0.39, 0.29) is 18.3 Å². The van der Waals surface area contributed by atoms with Crippen LogP contribution in [0.2, 0.25) is 0 Å². The van der Waals surface area contributed by atoms with E-state index < -0.39 is 5.60 Å². The molecule has 2 N–H and O–H groups in total. The molecule has 0 radical (unpaired) electrons. The van der Waals surface area contributed by atoms with Crippen LogP contribution < -0.4 is 0 Å². The van der Waals surface area contributed by atoms with Crippen molar-refractivity contribution in [1.82, 2.24) is 4.90 Å².